The molecule has 0 radical (unpaired) electrons. The topological polar surface area (TPSA) is 69.0 Å². The summed E-state index contributed by atoms with van der Waals surface area (Å²) in [5, 5.41) is 2.80. The van der Waals surface area contributed by atoms with E-state index in [0.717, 1.165) is 52.3 Å². The molecule has 0 fully saturated rings. The van der Waals surface area contributed by atoms with Gasteiger partial charge >= 0.3 is 6.09 Å². The summed E-state index contributed by atoms with van der Waals surface area (Å²) in [6, 6.07) is 10.5. The molecule has 3 rings (SSSR count). The lowest BCUT2D eigenvalue weighted by Crippen LogP contribution is -2.33. The minimum absolute atomic E-state index is 0.383. The van der Waals surface area contributed by atoms with Crippen molar-refractivity contribution in [1.82, 2.24) is 19.9 Å². The second kappa shape index (κ2) is 8.23. The minimum atomic E-state index is -0.484. The van der Waals surface area contributed by atoms with E-state index in [2.05, 4.69) is 52.1 Å². The highest BCUT2D eigenvalue weighted by Crippen LogP contribution is 2.24. The highest BCUT2D eigenvalue weighted by molar-refractivity contribution is 5.80. The predicted octanol–water partition coefficient (Wildman–Crippen LogP) is 4.67. The number of hydrogen-bond donors (Lipinski definition) is 1. The van der Waals surface area contributed by atoms with Gasteiger partial charge in [-0.25, -0.2) is 9.78 Å². The van der Waals surface area contributed by atoms with Crippen LogP contribution >= 0.6 is 0 Å². The number of carbonyl (C=O) groups excluding carboxylic acids is 1. The van der Waals surface area contributed by atoms with Gasteiger partial charge in [0, 0.05) is 24.3 Å². The van der Waals surface area contributed by atoms with Crippen molar-refractivity contribution in [1.29, 1.82) is 0 Å². The Labute approximate surface area is 172 Å². The smallest absolute Gasteiger partial charge is 0.407 e. The Hall–Kier alpha value is -2.89. The lowest BCUT2D eigenvalue weighted by Gasteiger charge is -2.19. The highest BCUT2D eigenvalue weighted by atomic mass is 16.6. The second-order valence-electron chi connectivity index (χ2n) is 8.28. The molecule has 0 saturated carbocycles. The molecule has 0 unspecified atom stereocenters. The number of ether oxygens (including phenoxy) is 1. The van der Waals surface area contributed by atoms with Crippen molar-refractivity contribution in [3.63, 3.8) is 0 Å². The van der Waals surface area contributed by atoms with E-state index in [-0.39, 0.29) is 6.09 Å². The molecule has 0 bridgehead atoms. The first kappa shape index (κ1) is 20.8. The molecule has 3 aromatic rings. The van der Waals surface area contributed by atoms with Gasteiger partial charge in [0.05, 0.1) is 11.2 Å². The number of aromatic nitrogens is 3. The predicted molar refractivity (Wildman–Crippen MR) is 116 cm³/mol. The number of hydrogen-bond acceptors (Lipinski definition) is 4. The van der Waals surface area contributed by atoms with Crippen LogP contribution in [0.5, 0.6) is 0 Å². The van der Waals surface area contributed by atoms with Crippen LogP contribution in [0.1, 0.15) is 50.5 Å². The summed E-state index contributed by atoms with van der Waals surface area (Å²) in [4.78, 5) is 21.1. The Balaban J connectivity index is 1.76. The number of fused-ring (bicyclic) bond motifs is 1. The zero-order chi connectivity index (χ0) is 21.2. The average molecular weight is 395 g/mol. The molecule has 6 nitrogen and oxygen atoms in total. The number of nitrogens with zero attached hydrogens (tertiary/aromatic N) is 3. The van der Waals surface area contributed by atoms with Gasteiger partial charge in [0.2, 0.25) is 0 Å². The molecule has 1 amide bonds. The molecule has 0 aliphatic rings. The fourth-order valence-corrected chi connectivity index (χ4v) is 3.39. The monoisotopic (exact) mass is 394 g/mol. The van der Waals surface area contributed by atoms with E-state index in [1.807, 2.05) is 34.6 Å². The fraction of sp³-hybridized carbons (Fsp3) is 0.435. The van der Waals surface area contributed by atoms with Crippen molar-refractivity contribution in [2.75, 3.05) is 6.54 Å². The van der Waals surface area contributed by atoms with Gasteiger partial charge in [-0.2, -0.15) is 0 Å². The zero-order valence-corrected chi connectivity index (χ0v) is 18.2. The lowest BCUT2D eigenvalue weighted by atomic mass is 10.1. The standard InChI is InChI=1S/C23H30N4O2/c1-7-20-26-21-16(3)25-15(2)14-19(21)27(20)18-10-8-17(9-11-18)12-13-24-22(28)29-23(4,5)6/h8-11,14H,7,12-13H2,1-6H3,(H,24,28). The maximum Gasteiger partial charge on any atom is 0.407 e. The van der Waals surface area contributed by atoms with E-state index in [0.29, 0.717) is 6.54 Å². The molecular formula is C23H30N4O2. The van der Waals surface area contributed by atoms with Gasteiger partial charge in [0.15, 0.2) is 0 Å². The molecule has 2 heterocycles. The average Bonchev–Trinajstić information content (AvgIpc) is 2.99. The van der Waals surface area contributed by atoms with Gasteiger partial charge in [0.25, 0.3) is 0 Å². The molecule has 29 heavy (non-hydrogen) atoms. The van der Waals surface area contributed by atoms with Crippen LogP contribution < -0.4 is 5.32 Å². The number of imidazole rings is 1. The molecule has 2 aromatic heterocycles. The van der Waals surface area contributed by atoms with E-state index < -0.39 is 5.60 Å². The van der Waals surface area contributed by atoms with Crippen molar-refractivity contribution >= 4 is 17.1 Å². The van der Waals surface area contributed by atoms with E-state index >= 15 is 0 Å². The molecule has 1 aromatic carbocycles. The Kier molecular flexibility index (Phi) is 5.91. The minimum Gasteiger partial charge on any atom is -0.444 e. The summed E-state index contributed by atoms with van der Waals surface area (Å²) < 4.78 is 7.47. The Morgan fingerprint density at radius 2 is 1.83 bits per heavy atom. The van der Waals surface area contributed by atoms with Crippen LogP contribution in [-0.4, -0.2) is 32.8 Å². The first-order valence-corrected chi connectivity index (χ1v) is 10.1. The number of nitrogens with one attached hydrogen (secondary N) is 1. The van der Waals surface area contributed by atoms with Crippen LogP contribution in [-0.2, 0) is 17.6 Å². The normalized spacial score (nSPS) is 11.7. The van der Waals surface area contributed by atoms with E-state index in [1.165, 1.54) is 0 Å². The number of carbonyl (C=O) groups is 1. The maximum atomic E-state index is 11.8. The summed E-state index contributed by atoms with van der Waals surface area (Å²) in [6.07, 6.45) is 1.20. The van der Waals surface area contributed by atoms with Gasteiger partial charge in [-0.15, -0.1) is 0 Å². The molecule has 0 spiro atoms. The lowest BCUT2D eigenvalue weighted by molar-refractivity contribution is 0.0528. The molecule has 0 saturated heterocycles. The first-order valence-electron chi connectivity index (χ1n) is 10.1. The van der Waals surface area contributed by atoms with Gasteiger partial charge in [-0.05, 0) is 64.8 Å². The van der Waals surface area contributed by atoms with Crippen molar-refractivity contribution in [3.05, 3.63) is 53.1 Å². The van der Waals surface area contributed by atoms with Crippen molar-refractivity contribution < 1.29 is 9.53 Å². The summed E-state index contributed by atoms with van der Waals surface area (Å²) in [6.45, 7) is 12.2. The molecule has 0 aliphatic carbocycles. The van der Waals surface area contributed by atoms with E-state index in [4.69, 9.17) is 9.72 Å². The molecule has 0 atom stereocenters. The molecule has 0 aliphatic heterocycles. The number of amides is 1. The Morgan fingerprint density at radius 3 is 2.45 bits per heavy atom. The van der Waals surface area contributed by atoms with Crippen LogP contribution in [0, 0.1) is 13.8 Å². The second-order valence-corrected chi connectivity index (χ2v) is 8.28. The van der Waals surface area contributed by atoms with Crippen LogP contribution in [0.4, 0.5) is 4.79 Å². The highest BCUT2D eigenvalue weighted by Gasteiger charge is 2.16. The van der Waals surface area contributed by atoms with Gasteiger partial charge in [0.1, 0.15) is 16.9 Å². The number of benzene rings is 1. The molecule has 154 valence electrons. The molecule has 6 heteroatoms. The third-order valence-corrected chi connectivity index (χ3v) is 4.61. The Bertz CT molecular complexity index is 1010. The first-order chi connectivity index (χ1) is 13.7. The van der Waals surface area contributed by atoms with E-state index in [9.17, 15) is 4.79 Å². The van der Waals surface area contributed by atoms with Gasteiger partial charge in [-0.3, -0.25) is 9.55 Å². The SMILES string of the molecule is CCc1nc2c(C)nc(C)cc2n1-c1ccc(CCNC(=O)OC(C)(C)C)cc1. The summed E-state index contributed by atoms with van der Waals surface area (Å²) >= 11 is 0. The van der Waals surface area contributed by atoms with Gasteiger partial charge in [-0.1, -0.05) is 19.1 Å². The number of alkyl carbamates (subject to hydrolysis) is 1. The molecular weight excluding hydrogens is 364 g/mol. The van der Waals surface area contributed by atoms with Crippen LogP contribution in [0.25, 0.3) is 16.7 Å². The zero-order valence-electron chi connectivity index (χ0n) is 18.2. The maximum absolute atomic E-state index is 11.8. The number of rotatable bonds is 5. The third-order valence-electron chi connectivity index (χ3n) is 4.61. The van der Waals surface area contributed by atoms with Crippen molar-refractivity contribution in [3.8, 4) is 5.69 Å². The largest absolute Gasteiger partial charge is 0.444 e. The van der Waals surface area contributed by atoms with Crippen LogP contribution in [0.3, 0.4) is 0 Å². The quantitative estimate of drug-likeness (QED) is 0.683. The third kappa shape index (κ3) is 4.94. The molecule has 1 N–H and O–H groups in total. The fourth-order valence-electron chi connectivity index (χ4n) is 3.39. The summed E-state index contributed by atoms with van der Waals surface area (Å²) in [7, 11) is 0. The number of aryl methyl sites for hydroxylation is 3. The van der Waals surface area contributed by atoms with E-state index in [1.54, 1.807) is 0 Å². The van der Waals surface area contributed by atoms with Gasteiger partial charge < -0.3 is 10.1 Å². The van der Waals surface area contributed by atoms with Crippen molar-refractivity contribution in [2.24, 2.45) is 0 Å². The summed E-state index contributed by atoms with van der Waals surface area (Å²) in [5.41, 5.74) is 5.74. The Morgan fingerprint density at radius 1 is 1.14 bits per heavy atom. The van der Waals surface area contributed by atoms with Crippen molar-refractivity contribution in [2.45, 2.75) is 60.0 Å². The summed E-state index contributed by atoms with van der Waals surface area (Å²) in [5.74, 6) is 1.02. The van der Waals surface area contributed by atoms with Crippen LogP contribution in [0.2, 0.25) is 0 Å². The van der Waals surface area contributed by atoms with Crippen LogP contribution in [0.15, 0.2) is 30.3 Å². The number of pyridine rings is 1.